The highest BCUT2D eigenvalue weighted by molar-refractivity contribution is 5.87. The van der Waals surface area contributed by atoms with Gasteiger partial charge in [-0.05, 0) is 12.1 Å². The van der Waals surface area contributed by atoms with Crippen LogP contribution in [-0.4, -0.2) is 25.6 Å². The van der Waals surface area contributed by atoms with Gasteiger partial charge in [-0.2, -0.15) is 0 Å². The van der Waals surface area contributed by atoms with Crippen LogP contribution in [0.15, 0.2) is 23.1 Å². The van der Waals surface area contributed by atoms with Gasteiger partial charge in [-0.25, -0.2) is 14.8 Å². The van der Waals surface area contributed by atoms with Gasteiger partial charge in [-0.1, -0.05) is 0 Å². The van der Waals surface area contributed by atoms with Gasteiger partial charge in [0.2, 0.25) is 5.69 Å². The first-order valence-electron chi connectivity index (χ1n) is 4.16. The minimum atomic E-state index is -1.33. The summed E-state index contributed by atoms with van der Waals surface area (Å²) >= 11 is 0. The molecule has 0 aliphatic rings. The number of aromatic carboxylic acids is 1. The highest BCUT2D eigenvalue weighted by Gasteiger charge is 2.14. The summed E-state index contributed by atoms with van der Waals surface area (Å²) in [7, 11) is 1.46. The number of carbonyl (C=O) groups is 1. The average molecular weight is 205 g/mol. The molecule has 0 saturated heterocycles. The molecule has 76 valence electrons. The minimum absolute atomic E-state index is 0.368. The molecule has 0 aliphatic carbocycles. The maximum atomic E-state index is 11.5. The second-order valence-corrected chi connectivity index (χ2v) is 2.98. The van der Waals surface area contributed by atoms with Gasteiger partial charge in [0.1, 0.15) is 5.52 Å². The van der Waals surface area contributed by atoms with E-state index >= 15 is 0 Å². The van der Waals surface area contributed by atoms with Gasteiger partial charge in [-0.15, -0.1) is 0 Å². The molecule has 0 amide bonds. The van der Waals surface area contributed by atoms with Crippen LogP contribution in [0.3, 0.4) is 0 Å². The van der Waals surface area contributed by atoms with Gasteiger partial charge < -0.3 is 5.11 Å². The molecule has 0 radical (unpaired) electrons. The van der Waals surface area contributed by atoms with Crippen LogP contribution < -0.4 is 5.56 Å². The predicted molar refractivity (Wildman–Crippen MR) is 51.7 cm³/mol. The first kappa shape index (κ1) is 9.32. The maximum absolute atomic E-state index is 11.5. The van der Waals surface area contributed by atoms with Crippen LogP contribution >= 0.6 is 0 Å². The lowest BCUT2D eigenvalue weighted by atomic mass is 10.3. The zero-order valence-electron chi connectivity index (χ0n) is 7.84. The second kappa shape index (κ2) is 3.16. The Balaban J connectivity index is 2.95. The number of hydrogen-bond acceptors (Lipinski definition) is 4. The van der Waals surface area contributed by atoms with Crippen molar-refractivity contribution in [3.05, 3.63) is 34.4 Å². The number of carboxylic acid groups (broad SMARTS) is 1. The Hall–Kier alpha value is -2.24. The van der Waals surface area contributed by atoms with Gasteiger partial charge >= 0.3 is 5.97 Å². The summed E-state index contributed by atoms with van der Waals surface area (Å²) < 4.78 is 1.17. The largest absolute Gasteiger partial charge is 0.476 e. The van der Waals surface area contributed by atoms with E-state index in [4.69, 9.17) is 5.11 Å². The molecular formula is C9H7N3O3. The highest BCUT2D eigenvalue weighted by Crippen LogP contribution is 2.04. The van der Waals surface area contributed by atoms with Crippen molar-refractivity contribution < 1.29 is 9.90 Å². The molecule has 1 N–H and O–H groups in total. The van der Waals surface area contributed by atoms with Gasteiger partial charge in [0, 0.05) is 13.2 Å². The topological polar surface area (TPSA) is 85.1 Å². The second-order valence-electron chi connectivity index (χ2n) is 2.98. The number of rotatable bonds is 1. The maximum Gasteiger partial charge on any atom is 0.360 e. The van der Waals surface area contributed by atoms with Crippen LogP contribution in [0.4, 0.5) is 0 Å². The van der Waals surface area contributed by atoms with Gasteiger partial charge in [-0.3, -0.25) is 9.36 Å². The summed E-state index contributed by atoms with van der Waals surface area (Å²) in [5, 5.41) is 8.75. The summed E-state index contributed by atoms with van der Waals surface area (Å²) in [6, 6.07) is 3.24. The van der Waals surface area contributed by atoms with Crippen molar-refractivity contribution >= 4 is 17.1 Å². The highest BCUT2D eigenvalue weighted by atomic mass is 16.4. The van der Waals surface area contributed by atoms with Crippen molar-refractivity contribution in [1.82, 2.24) is 14.5 Å². The number of nitrogens with zero attached hydrogens (tertiary/aromatic N) is 3. The summed E-state index contributed by atoms with van der Waals surface area (Å²) in [5.74, 6) is -1.33. The van der Waals surface area contributed by atoms with Gasteiger partial charge in [0.15, 0.2) is 5.65 Å². The Bertz CT molecular complexity index is 603. The fraction of sp³-hybridized carbons (Fsp3) is 0.111. The van der Waals surface area contributed by atoms with E-state index in [9.17, 15) is 9.59 Å². The van der Waals surface area contributed by atoms with E-state index in [0.29, 0.717) is 11.2 Å². The summed E-state index contributed by atoms with van der Waals surface area (Å²) in [5.41, 5.74) is -0.392. The fourth-order valence-electron chi connectivity index (χ4n) is 1.30. The summed E-state index contributed by atoms with van der Waals surface area (Å²) in [6.45, 7) is 0. The molecule has 0 unspecified atom stereocenters. The Morgan fingerprint density at radius 1 is 1.53 bits per heavy atom. The number of hydrogen-bond donors (Lipinski definition) is 1. The van der Waals surface area contributed by atoms with E-state index in [-0.39, 0.29) is 0 Å². The Kier molecular flexibility index (Phi) is 1.96. The number of aryl methyl sites for hydroxylation is 1. The average Bonchev–Trinajstić information content (AvgIpc) is 2.23. The minimum Gasteiger partial charge on any atom is -0.476 e. The molecule has 0 aromatic carbocycles. The lowest BCUT2D eigenvalue weighted by Crippen LogP contribution is -2.26. The quantitative estimate of drug-likeness (QED) is 0.709. The zero-order valence-corrected chi connectivity index (χ0v) is 7.84. The van der Waals surface area contributed by atoms with E-state index in [2.05, 4.69) is 9.97 Å². The summed E-state index contributed by atoms with van der Waals surface area (Å²) in [6.07, 6.45) is 1.52. The first-order valence-corrected chi connectivity index (χ1v) is 4.16. The molecule has 0 aliphatic heterocycles. The molecule has 6 nitrogen and oxygen atoms in total. The smallest absolute Gasteiger partial charge is 0.360 e. The Labute approximate surface area is 83.8 Å². The molecule has 0 saturated carbocycles. The third kappa shape index (κ3) is 1.35. The third-order valence-corrected chi connectivity index (χ3v) is 2.03. The van der Waals surface area contributed by atoms with Crippen molar-refractivity contribution in [3.63, 3.8) is 0 Å². The lowest BCUT2D eigenvalue weighted by molar-refractivity contribution is 0.0688. The normalized spacial score (nSPS) is 10.5. The number of carboxylic acids is 1. The predicted octanol–water partition coefficient (Wildman–Crippen LogP) is 0.0267. The first-order chi connectivity index (χ1) is 7.11. The standard InChI is InChI=1S/C9H7N3O3/c1-12-7-5(3-2-4-10-7)11-6(8(12)13)9(14)15/h2-4H,1H3,(H,14,15). The molecule has 2 aromatic heterocycles. The van der Waals surface area contributed by atoms with Crippen LogP contribution in [0.25, 0.3) is 11.2 Å². The number of aromatic nitrogens is 3. The monoisotopic (exact) mass is 205 g/mol. The molecule has 6 heteroatoms. The van der Waals surface area contributed by atoms with E-state index in [1.54, 1.807) is 12.1 Å². The van der Waals surface area contributed by atoms with E-state index in [1.165, 1.54) is 17.8 Å². The SMILES string of the molecule is Cn1c(=O)c(C(=O)O)nc2cccnc21. The molecule has 2 aromatic rings. The summed E-state index contributed by atoms with van der Waals surface area (Å²) in [4.78, 5) is 29.9. The molecular weight excluding hydrogens is 198 g/mol. The van der Waals surface area contributed by atoms with Crippen molar-refractivity contribution in [2.24, 2.45) is 7.05 Å². The molecule has 2 heterocycles. The van der Waals surface area contributed by atoms with Crippen LogP contribution in [0.2, 0.25) is 0 Å². The number of pyridine rings is 1. The van der Waals surface area contributed by atoms with Crippen LogP contribution in [0.5, 0.6) is 0 Å². The zero-order chi connectivity index (χ0) is 11.0. The van der Waals surface area contributed by atoms with Crippen LogP contribution in [-0.2, 0) is 7.05 Å². The third-order valence-electron chi connectivity index (χ3n) is 2.03. The Morgan fingerprint density at radius 2 is 2.27 bits per heavy atom. The molecule has 0 bridgehead atoms. The molecule has 0 atom stereocenters. The van der Waals surface area contributed by atoms with Crippen molar-refractivity contribution in [2.45, 2.75) is 0 Å². The lowest BCUT2D eigenvalue weighted by Gasteiger charge is -2.03. The van der Waals surface area contributed by atoms with Crippen molar-refractivity contribution in [1.29, 1.82) is 0 Å². The van der Waals surface area contributed by atoms with Crippen LogP contribution in [0.1, 0.15) is 10.5 Å². The number of fused-ring (bicyclic) bond motifs is 1. The molecule has 0 fully saturated rings. The van der Waals surface area contributed by atoms with E-state index in [0.717, 1.165) is 0 Å². The molecule has 0 spiro atoms. The van der Waals surface area contributed by atoms with Gasteiger partial charge in [0.05, 0.1) is 0 Å². The van der Waals surface area contributed by atoms with E-state index < -0.39 is 17.2 Å². The van der Waals surface area contributed by atoms with E-state index in [1.807, 2.05) is 0 Å². The van der Waals surface area contributed by atoms with Gasteiger partial charge in [0.25, 0.3) is 5.56 Å². The molecule has 15 heavy (non-hydrogen) atoms. The Morgan fingerprint density at radius 3 is 2.93 bits per heavy atom. The molecule has 2 rings (SSSR count). The van der Waals surface area contributed by atoms with Crippen LogP contribution in [0, 0.1) is 0 Å². The van der Waals surface area contributed by atoms with Crippen molar-refractivity contribution in [2.75, 3.05) is 0 Å². The van der Waals surface area contributed by atoms with Crippen molar-refractivity contribution in [3.8, 4) is 0 Å². The fourth-order valence-corrected chi connectivity index (χ4v) is 1.30.